The van der Waals surface area contributed by atoms with Gasteiger partial charge in [0, 0.05) is 0 Å². The maximum atomic E-state index is 7.56. The fourth-order valence-electron chi connectivity index (χ4n) is 0.141. The maximum absolute atomic E-state index is 7.56. The van der Waals surface area contributed by atoms with Gasteiger partial charge in [-0.05, 0) is 36.7 Å². The highest BCUT2D eigenvalue weighted by molar-refractivity contribution is 7.80. The van der Waals surface area contributed by atoms with Gasteiger partial charge in [0.05, 0.1) is 0 Å². The van der Waals surface area contributed by atoms with Crippen LogP contribution in [0, 0.1) is 0 Å². The average Bonchev–Trinajstić information content (AvgIpc) is 1.98. The van der Waals surface area contributed by atoms with Crippen molar-refractivity contribution < 1.29 is 14.9 Å². The highest BCUT2D eigenvalue weighted by Crippen LogP contribution is 1.71. The molecule has 0 radical (unpaired) electrons. The monoisotopic (exact) mass is 271 g/mol. The Morgan fingerprint density at radius 2 is 1.40 bits per heavy atom. The first kappa shape index (κ1) is 19.4. The molecule has 8 N–H and O–H groups in total. The fraction of sp³-hybridized carbons (Fsp3) is 0.167. The largest absolute Gasteiger partial charge is 0.487 e. The van der Waals surface area contributed by atoms with Crippen LogP contribution in [0.15, 0.2) is 12.7 Å². The number of hydrogen-bond acceptors (Lipinski definition) is 4. The van der Waals surface area contributed by atoms with Crippen molar-refractivity contribution in [3.05, 3.63) is 12.7 Å². The number of rotatable bonds is 2. The van der Waals surface area contributed by atoms with Crippen LogP contribution in [0.4, 0.5) is 0 Å². The number of hydrogen-bond donors (Lipinski definition) is 5. The van der Waals surface area contributed by atoms with Gasteiger partial charge in [0.25, 0.3) is 15.5 Å². The van der Waals surface area contributed by atoms with Crippen molar-refractivity contribution in [3.63, 3.8) is 0 Å². The minimum atomic E-state index is -0.500. The van der Waals surface area contributed by atoms with Crippen molar-refractivity contribution in [2.45, 2.75) is 0 Å². The second kappa shape index (κ2) is 15.3. The van der Waals surface area contributed by atoms with E-state index in [2.05, 4.69) is 59.4 Å². The average molecular weight is 271 g/mol. The molecule has 6 nitrogen and oxygen atoms in total. The van der Waals surface area contributed by atoms with Crippen molar-refractivity contribution >= 4 is 52.2 Å². The Kier molecular flexibility index (Phi) is 19.8. The highest BCUT2D eigenvalue weighted by Gasteiger charge is 1.78. The predicted octanol–water partition coefficient (Wildman–Crippen LogP) is 0.00860. The van der Waals surface area contributed by atoms with Crippen LogP contribution in [-0.2, 0) is 4.74 Å². The quantitative estimate of drug-likeness (QED) is 0.348. The van der Waals surface area contributed by atoms with E-state index in [1.54, 1.807) is 6.08 Å². The Labute approximate surface area is 104 Å². The Hall–Kier alpha value is -1.19. The van der Waals surface area contributed by atoms with Gasteiger partial charge in [-0.2, -0.15) is 0 Å². The first-order chi connectivity index (χ1) is 6.73. The molecule has 0 heterocycles. The second-order valence-corrected chi connectivity index (χ2v) is 2.83. The summed E-state index contributed by atoms with van der Waals surface area (Å²) in [5.74, 6) is 0. The lowest BCUT2D eigenvalue weighted by atomic mass is 10.7. The molecular formula is C6H13N3O3S3. The van der Waals surface area contributed by atoms with Crippen LogP contribution >= 0.6 is 36.7 Å². The van der Waals surface area contributed by atoms with Gasteiger partial charge in [-0.3, -0.25) is 0 Å². The number of aliphatic hydroxyl groups is 2. The number of thiocarbonyl (C=S) groups is 3. The Balaban J connectivity index is -0.000000155. The summed E-state index contributed by atoms with van der Waals surface area (Å²) < 4.78 is 4.58. The van der Waals surface area contributed by atoms with Gasteiger partial charge >= 0.3 is 0 Å². The summed E-state index contributed by atoms with van der Waals surface area (Å²) in [7, 11) is 0. The molecule has 0 atom stereocenters. The molecular weight excluding hydrogens is 258 g/mol. The number of ether oxygens (including phenoxy) is 1. The molecule has 0 aliphatic rings. The molecule has 0 unspecified atom stereocenters. The summed E-state index contributed by atoms with van der Waals surface area (Å²) >= 11 is 12.1. The highest BCUT2D eigenvalue weighted by atomic mass is 32.1. The SMILES string of the molecule is C=CCOC(N)=S.NC(O)=S.NC(O)=S. The lowest BCUT2D eigenvalue weighted by Gasteiger charge is -1.94. The molecule has 0 rings (SSSR count). The summed E-state index contributed by atoms with van der Waals surface area (Å²) in [6.07, 6.45) is 1.58. The van der Waals surface area contributed by atoms with Gasteiger partial charge in [-0.1, -0.05) is 12.7 Å². The van der Waals surface area contributed by atoms with Gasteiger partial charge in [0.2, 0.25) is 0 Å². The van der Waals surface area contributed by atoms with E-state index < -0.39 is 10.3 Å². The molecule has 15 heavy (non-hydrogen) atoms. The van der Waals surface area contributed by atoms with E-state index in [-0.39, 0.29) is 5.17 Å². The molecule has 0 amide bonds. The maximum Gasteiger partial charge on any atom is 0.254 e. The smallest absolute Gasteiger partial charge is 0.254 e. The van der Waals surface area contributed by atoms with Crippen molar-refractivity contribution in [2.24, 2.45) is 17.2 Å². The Morgan fingerprint density at radius 1 is 1.13 bits per heavy atom. The molecule has 0 fully saturated rings. The number of nitrogens with two attached hydrogens (primary N) is 3. The molecule has 0 saturated carbocycles. The second-order valence-electron chi connectivity index (χ2n) is 1.60. The van der Waals surface area contributed by atoms with Gasteiger partial charge in [-0.15, -0.1) is 0 Å². The van der Waals surface area contributed by atoms with Crippen molar-refractivity contribution in [1.29, 1.82) is 0 Å². The third kappa shape index (κ3) is 190. The predicted molar refractivity (Wildman–Crippen MR) is 71.8 cm³/mol. The van der Waals surface area contributed by atoms with Crippen LogP contribution < -0.4 is 17.2 Å². The van der Waals surface area contributed by atoms with E-state index in [4.69, 9.17) is 15.9 Å². The molecule has 0 bridgehead atoms. The normalized spacial score (nSPS) is 6.67. The zero-order chi connectivity index (χ0) is 12.9. The van der Waals surface area contributed by atoms with Crippen LogP contribution in [0.5, 0.6) is 0 Å². The van der Waals surface area contributed by atoms with E-state index in [9.17, 15) is 0 Å². The van der Waals surface area contributed by atoms with E-state index in [0.29, 0.717) is 6.61 Å². The van der Waals surface area contributed by atoms with Crippen molar-refractivity contribution in [1.82, 2.24) is 0 Å². The minimum absolute atomic E-state index is 0.0694. The molecule has 88 valence electrons. The standard InChI is InChI=1S/C4H7NOS.2CH3NOS/c1-2-3-6-4(5)7;2*2-1(3)4/h2H,1,3H2,(H2,5,7);2*(H3,2,3,4). The van der Waals surface area contributed by atoms with E-state index in [0.717, 1.165) is 0 Å². The van der Waals surface area contributed by atoms with Crippen LogP contribution in [0.3, 0.4) is 0 Å². The molecule has 0 aromatic carbocycles. The van der Waals surface area contributed by atoms with Gasteiger partial charge in [0.1, 0.15) is 6.61 Å². The summed E-state index contributed by atoms with van der Waals surface area (Å²) in [4.78, 5) is 0. The first-order valence-electron chi connectivity index (χ1n) is 3.23. The summed E-state index contributed by atoms with van der Waals surface area (Å²) in [6, 6.07) is 0. The van der Waals surface area contributed by atoms with Crippen LogP contribution in [0.2, 0.25) is 0 Å². The third-order valence-corrected chi connectivity index (χ3v) is 0.461. The van der Waals surface area contributed by atoms with Gasteiger partial charge < -0.3 is 32.2 Å². The molecule has 9 heteroatoms. The summed E-state index contributed by atoms with van der Waals surface area (Å²) in [5.41, 5.74) is 13.7. The zero-order valence-corrected chi connectivity index (χ0v) is 10.2. The Bertz CT molecular complexity index is 203. The van der Waals surface area contributed by atoms with Crippen LogP contribution in [-0.4, -0.2) is 32.3 Å². The summed E-state index contributed by atoms with van der Waals surface area (Å²) in [6.45, 7) is 3.79. The van der Waals surface area contributed by atoms with E-state index in [1.807, 2.05) is 0 Å². The van der Waals surface area contributed by atoms with Gasteiger partial charge in [-0.25, -0.2) is 0 Å². The molecule has 0 aliphatic carbocycles. The minimum Gasteiger partial charge on any atom is -0.487 e. The van der Waals surface area contributed by atoms with Crippen LogP contribution in [0.1, 0.15) is 0 Å². The Morgan fingerprint density at radius 3 is 1.47 bits per heavy atom. The van der Waals surface area contributed by atoms with Crippen molar-refractivity contribution in [3.8, 4) is 0 Å². The van der Waals surface area contributed by atoms with E-state index >= 15 is 0 Å². The molecule has 0 aliphatic heterocycles. The fourth-order valence-corrected chi connectivity index (χ4v) is 0.209. The molecule has 0 aromatic rings. The van der Waals surface area contributed by atoms with E-state index in [1.165, 1.54) is 0 Å². The number of aliphatic hydroxyl groups excluding tert-OH is 2. The van der Waals surface area contributed by atoms with Gasteiger partial charge in [0.15, 0.2) is 0 Å². The lowest BCUT2D eigenvalue weighted by molar-refractivity contribution is 0.355. The summed E-state index contributed by atoms with van der Waals surface area (Å²) in [5, 5.41) is 14.2. The third-order valence-electron chi connectivity index (χ3n) is 0.343. The zero-order valence-electron chi connectivity index (χ0n) is 7.75. The molecule has 0 spiro atoms. The van der Waals surface area contributed by atoms with Crippen LogP contribution in [0.25, 0.3) is 0 Å². The first-order valence-corrected chi connectivity index (χ1v) is 4.46. The molecule has 0 saturated heterocycles. The molecule has 0 aromatic heterocycles. The van der Waals surface area contributed by atoms with Crippen molar-refractivity contribution in [2.75, 3.05) is 6.61 Å². The topological polar surface area (TPSA) is 128 Å². The lowest BCUT2D eigenvalue weighted by Crippen LogP contribution is -2.11.